The van der Waals surface area contributed by atoms with Crippen LogP contribution in [0.25, 0.3) is 0 Å². The van der Waals surface area contributed by atoms with E-state index in [1.165, 1.54) is 4.46 Å². The molecule has 0 spiro atoms. The van der Waals surface area contributed by atoms with Gasteiger partial charge < -0.3 is 0 Å². The molecule has 0 aromatic heterocycles. The number of aliphatic hydroxyl groups is 2. The molecule has 44 heavy (non-hydrogen) atoms. The minimum atomic E-state index is -2.55. The third-order valence-corrected chi connectivity index (χ3v) is 20.6. The van der Waals surface area contributed by atoms with Crippen LogP contribution in [0.2, 0.25) is 22.9 Å². The van der Waals surface area contributed by atoms with E-state index < -0.39 is 41.9 Å². The van der Waals surface area contributed by atoms with Gasteiger partial charge >= 0.3 is 272 Å². The molecule has 1 heterocycles. The Bertz CT molecular complexity index is 1300. The average molecular weight is 691 g/mol. The average Bonchev–Trinajstić information content (AvgIpc) is 3.11. The number of ketones is 1. The molecule has 1 saturated heterocycles. The van der Waals surface area contributed by atoms with Gasteiger partial charge in [0.05, 0.1) is 0 Å². The number of esters is 1. The van der Waals surface area contributed by atoms with Crippen LogP contribution in [0.1, 0.15) is 79.6 Å². The SMILES string of the molecule is CCOC(=O)[C@]12CCC[C@@]3(CN(CC)C1)[C@@H]1C[C@@H]4C[C@@H]([Se]c5ccccc5)[C@](O[Si](C)(C)C(C)(C)C)(CC[C@]23O)[C@@]1(O)C4=O. The molecule has 1 aromatic rings. The van der Waals surface area contributed by atoms with Crippen molar-refractivity contribution in [2.24, 2.45) is 22.7 Å². The number of ether oxygens (including phenoxy) is 1. The molecule has 1 aliphatic heterocycles. The minimum absolute atomic E-state index is 0.0370. The van der Waals surface area contributed by atoms with Crippen LogP contribution in [0.15, 0.2) is 30.3 Å². The number of piperidine rings is 1. The molecular formula is C35H53NO6SeSi. The third-order valence-electron chi connectivity index (χ3n) is 13.2. The Hall–Kier alpha value is -1.06. The van der Waals surface area contributed by atoms with Gasteiger partial charge in [0.25, 0.3) is 0 Å². The summed E-state index contributed by atoms with van der Waals surface area (Å²) in [5, 5.41) is 26.8. The summed E-state index contributed by atoms with van der Waals surface area (Å²) in [5.74, 6) is -1.18. The van der Waals surface area contributed by atoms with E-state index in [1.54, 1.807) is 0 Å². The van der Waals surface area contributed by atoms with E-state index in [2.05, 4.69) is 70.0 Å². The van der Waals surface area contributed by atoms with E-state index >= 15 is 0 Å². The predicted octanol–water partition coefficient (Wildman–Crippen LogP) is 4.49. The number of hydrogen-bond acceptors (Lipinski definition) is 7. The number of Topliss-reactive ketones (excluding diaryl/α,β-unsaturated/α-hetero) is 1. The van der Waals surface area contributed by atoms with Crippen molar-refractivity contribution in [1.29, 1.82) is 0 Å². The van der Waals surface area contributed by atoms with Gasteiger partial charge in [0.1, 0.15) is 0 Å². The van der Waals surface area contributed by atoms with Gasteiger partial charge in [0.2, 0.25) is 0 Å². The van der Waals surface area contributed by atoms with E-state index in [0.29, 0.717) is 51.6 Å². The number of benzene rings is 1. The van der Waals surface area contributed by atoms with Crippen LogP contribution in [-0.4, -0.2) is 93.2 Å². The van der Waals surface area contributed by atoms with Crippen LogP contribution in [0, 0.1) is 22.7 Å². The van der Waals surface area contributed by atoms with E-state index in [-0.39, 0.29) is 49.1 Å². The molecule has 6 rings (SSSR count). The summed E-state index contributed by atoms with van der Waals surface area (Å²) < 4.78 is 14.6. The van der Waals surface area contributed by atoms with Gasteiger partial charge in [0, 0.05) is 0 Å². The number of rotatable bonds is 7. The molecule has 8 atom stereocenters. The van der Waals surface area contributed by atoms with Crippen LogP contribution >= 0.6 is 0 Å². The molecule has 1 aromatic carbocycles. The molecule has 244 valence electrons. The third kappa shape index (κ3) is 4.18. The van der Waals surface area contributed by atoms with Crippen molar-refractivity contribution in [2.45, 2.75) is 119 Å². The van der Waals surface area contributed by atoms with Gasteiger partial charge in [0.15, 0.2) is 0 Å². The summed E-state index contributed by atoms with van der Waals surface area (Å²) in [4.78, 5) is 31.1. The summed E-state index contributed by atoms with van der Waals surface area (Å²) in [6.07, 6.45) is 3.91. The zero-order valence-electron chi connectivity index (χ0n) is 27.8. The van der Waals surface area contributed by atoms with Gasteiger partial charge in [-0.25, -0.2) is 0 Å². The van der Waals surface area contributed by atoms with Crippen molar-refractivity contribution in [3.05, 3.63) is 30.3 Å². The molecule has 4 saturated carbocycles. The van der Waals surface area contributed by atoms with Crippen molar-refractivity contribution in [2.75, 3.05) is 26.2 Å². The monoisotopic (exact) mass is 691 g/mol. The predicted molar refractivity (Wildman–Crippen MR) is 174 cm³/mol. The van der Waals surface area contributed by atoms with Gasteiger partial charge in [-0.15, -0.1) is 0 Å². The van der Waals surface area contributed by atoms with Gasteiger partial charge in [-0.2, -0.15) is 0 Å². The first-order valence-corrected chi connectivity index (χ1v) is 21.6. The molecular weight excluding hydrogens is 637 g/mol. The van der Waals surface area contributed by atoms with Crippen LogP contribution in [0.4, 0.5) is 0 Å². The Labute approximate surface area is 271 Å². The molecule has 2 N–H and O–H groups in total. The molecule has 0 radical (unpaired) electrons. The summed E-state index contributed by atoms with van der Waals surface area (Å²) >= 11 is -0.0649. The number of hydrogen-bond donors (Lipinski definition) is 2. The van der Waals surface area contributed by atoms with E-state index in [4.69, 9.17) is 9.16 Å². The van der Waals surface area contributed by atoms with E-state index in [9.17, 15) is 19.8 Å². The Balaban J connectivity index is 1.60. The molecule has 7 nitrogen and oxygen atoms in total. The zero-order valence-corrected chi connectivity index (χ0v) is 30.5. The summed E-state index contributed by atoms with van der Waals surface area (Å²) in [7, 11) is -2.55. The molecule has 4 aliphatic carbocycles. The van der Waals surface area contributed by atoms with E-state index in [1.807, 2.05) is 13.0 Å². The second-order valence-corrected chi connectivity index (χ2v) is 23.4. The van der Waals surface area contributed by atoms with Gasteiger partial charge in [-0.05, 0) is 0 Å². The summed E-state index contributed by atoms with van der Waals surface area (Å²) in [6, 6.07) is 10.5. The second-order valence-electron chi connectivity index (χ2n) is 16.0. The summed E-state index contributed by atoms with van der Waals surface area (Å²) in [6.45, 7) is 17.0. The fourth-order valence-electron chi connectivity index (χ4n) is 10.1. The molecule has 0 amide bonds. The Morgan fingerprint density at radius 1 is 1.05 bits per heavy atom. The molecule has 9 heteroatoms. The number of nitrogens with zero attached hydrogens (tertiary/aromatic N) is 1. The first-order chi connectivity index (χ1) is 20.6. The van der Waals surface area contributed by atoms with Crippen molar-refractivity contribution >= 4 is 39.5 Å². The normalized spacial score (nSPS) is 42.0. The second kappa shape index (κ2) is 10.7. The van der Waals surface area contributed by atoms with Crippen molar-refractivity contribution < 1.29 is 29.0 Å². The number of likely N-dealkylation sites (tertiary alicyclic amines) is 1. The molecule has 4 bridgehead atoms. The standard InChI is InChI=1S/C35H53NO6SeSi/c1-8-36-22-31-16-13-17-32(23-36,29(38)41-9-2)34(31,39)19-18-33(42-44(6,7)30(3,4)5)27(43-25-14-11-10-12-15-25)21-24-20-26(31)35(33,40)28(24)37/h10-12,14-15,24,26-27,39-40H,8-9,13,16-23H2,1-7H3/t24-,26+,27-,31-,32+,33-,34-,35+/m1/s1. The Morgan fingerprint density at radius 3 is 2.39 bits per heavy atom. The molecule has 5 fully saturated rings. The number of carbonyl (C=O) groups excluding carboxylic acids is 2. The van der Waals surface area contributed by atoms with Crippen molar-refractivity contribution in [3.63, 3.8) is 0 Å². The number of carbonyl (C=O) groups is 2. The quantitative estimate of drug-likeness (QED) is 0.322. The zero-order chi connectivity index (χ0) is 32.0. The number of fused-ring (bicyclic) bond motifs is 1. The maximum absolute atomic E-state index is 14.7. The summed E-state index contributed by atoms with van der Waals surface area (Å²) in [5.41, 5.74) is -6.21. The van der Waals surface area contributed by atoms with Crippen molar-refractivity contribution in [3.8, 4) is 0 Å². The maximum atomic E-state index is 14.7. The molecule has 5 aliphatic rings. The van der Waals surface area contributed by atoms with E-state index in [0.717, 1.165) is 13.0 Å². The topological polar surface area (TPSA) is 96.3 Å². The van der Waals surface area contributed by atoms with Gasteiger partial charge in [-0.1, -0.05) is 0 Å². The van der Waals surface area contributed by atoms with Crippen LogP contribution in [0.3, 0.4) is 0 Å². The Kier molecular flexibility index (Phi) is 8.01. The fraction of sp³-hybridized carbons (Fsp3) is 0.771. The van der Waals surface area contributed by atoms with Crippen molar-refractivity contribution in [1.82, 2.24) is 4.90 Å². The first-order valence-electron chi connectivity index (χ1n) is 16.9. The first kappa shape index (κ1) is 32.9. The van der Waals surface area contributed by atoms with Crippen LogP contribution in [-0.2, 0) is 18.8 Å². The van der Waals surface area contributed by atoms with Gasteiger partial charge in [-0.3, -0.25) is 0 Å². The van der Waals surface area contributed by atoms with Crippen LogP contribution in [0.5, 0.6) is 0 Å². The van der Waals surface area contributed by atoms with Crippen LogP contribution < -0.4 is 4.46 Å². The molecule has 0 unspecified atom stereocenters. The Morgan fingerprint density at radius 2 is 1.75 bits per heavy atom. The fourth-order valence-corrected chi connectivity index (χ4v) is 15.1.